The van der Waals surface area contributed by atoms with Gasteiger partial charge in [-0.05, 0) is 42.0 Å². The highest BCUT2D eigenvalue weighted by atomic mass is 32.2. The molecule has 6 heteroatoms. The molecule has 0 saturated carbocycles. The molecule has 3 rings (SSSR count). The summed E-state index contributed by atoms with van der Waals surface area (Å²) in [5.41, 5.74) is 3.14. The maximum absolute atomic E-state index is 12.5. The zero-order valence-corrected chi connectivity index (χ0v) is 15.5. The molecule has 0 bridgehead atoms. The van der Waals surface area contributed by atoms with Gasteiger partial charge in [0.05, 0.1) is 19.0 Å². The first-order valence-electron chi connectivity index (χ1n) is 8.55. The summed E-state index contributed by atoms with van der Waals surface area (Å²) in [7, 11) is 0. The summed E-state index contributed by atoms with van der Waals surface area (Å²) in [5.74, 6) is -1.10. The van der Waals surface area contributed by atoms with Crippen LogP contribution in [0.2, 0.25) is 0 Å². The number of rotatable bonds is 7. The molecule has 26 heavy (non-hydrogen) atoms. The summed E-state index contributed by atoms with van der Waals surface area (Å²) in [5, 5.41) is 12.1. The van der Waals surface area contributed by atoms with Crippen molar-refractivity contribution in [1.82, 2.24) is 5.32 Å². The van der Waals surface area contributed by atoms with Crippen molar-refractivity contribution < 1.29 is 14.7 Å². The number of nitrogens with zero attached hydrogens (tertiary/aromatic N) is 1. The molecule has 1 heterocycles. The van der Waals surface area contributed by atoms with Gasteiger partial charge in [-0.2, -0.15) is 0 Å². The number of para-hydroxylation sites is 1. The van der Waals surface area contributed by atoms with E-state index in [9.17, 15) is 14.7 Å². The molecule has 5 nitrogen and oxygen atoms in total. The average molecular weight is 370 g/mol. The Morgan fingerprint density at radius 3 is 2.62 bits per heavy atom. The standard InChI is InChI=1S/C20H22N2O3S/c1-26-16-8-6-14(7-9-16)17(12-20(24)25)21-19(23)13-22-11-10-15-4-2-3-5-18(15)22/h2-9,17H,10-13H2,1H3,(H,21,23)(H,24,25). The minimum absolute atomic E-state index is 0.138. The number of carboxylic acid groups (broad SMARTS) is 1. The first kappa shape index (κ1) is 18.3. The van der Waals surface area contributed by atoms with E-state index >= 15 is 0 Å². The first-order valence-corrected chi connectivity index (χ1v) is 9.77. The fourth-order valence-corrected chi connectivity index (χ4v) is 3.66. The molecule has 0 aromatic heterocycles. The lowest BCUT2D eigenvalue weighted by molar-refractivity contribution is -0.137. The number of carbonyl (C=O) groups is 2. The number of aliphatic carboxylic acids is 1. The third-order valence-corrected chi connectivity index (χ3v) is 5.29. The molecule has 2 aromatic rings. The van der Waals surface area contributed by atoms with Gasteiger partial charge >= 0.3 is 5.97 Å². The SMILES string of the molecule is CSc1ccc(C(CC(=O)O)NC(=O)CN2CCc3ccccc32)cc1. The van der Waals surface area contributed by atoms with Crippen LogP contribution in [0, 0.1) is 0 Å². The summed E-state index contributed by atoms with van der Waals surface area (Å²) >= 11 is 1.62. The number of amides is 1. The number of thioether (sulfide) groups is 1. The molecule has 0 saturated heterocycles. The molecule has 1 aliphatic rings. The largest absolute Gasteiger partial charge is 0.481 e. The van der Waals surface area contributed by atoms with E-state index < -0.39 is 12.0 Å². The fraction of sp³-hybridized carbons (Fsp3) is 0.300. The zero-order valence-electron chi connectivity index (χ0n) is 14.6. The number of anilines is 1. The van der Waals surface area contributed by atoms with Crippen molar-refractivity contribution in [3.8, 4) is 0 Å². The topological polar surface area (TPSA) is 69.6 Å². The summed E-state index contributed by atoms with van der Waals surface area (Å²) in [4.78, 5) is 26.9. The molecular formula is C20H22N2O3S. The second-order valence-electron chi connectivity index (χ2n) is 6.29. The van der Waals surface area contributed by atoms with Gasteiger partial charge in [0.1, 0.15) is 0 Å². The third kappa shape index (κ3) is 4.38. The van der Waals surface area contributed by atoms with Crippen LogP contribution in [0.1, 0.15) is 23.6 Å². The Kier molecular flexibility index (Phi) is 5.83. The van der Waals surface area contributed by atoms with Crippen LogP contribution in [0.3, 0.4) is 0 Å². The Morgan fingerprint density at radius 1 is 1.19 bits per heavy atom. The summed E-state index contributed by atoms with van der Waals surface area (Å²) < 4.78 is 0. The highest BCUT2D eigenvalue weighted by Crippen LogP contribution is 2.27. The Labute approximate surface area is 157 Å². The predicted octanol–water partition coefficient (Wildman–Crippen LogP) is 3.10. The summed E-state index contributed by atoms with van der Waals surface area (Å²) in [6.45, 7) is 1.04. The quantitative estimate of drug-likeness (QED) is 0.733. The molecule has 1 aliphatic heterocycles. The van der Waals surface area contributed by atoms with Gasteiger partial charge in [0.15, 0.2) is 0 Å². The lowest BCUT2D eigenvalue weighted by atomic mass is 10.0. The number of hydrogen-bond donors (Lipinski definition) is 2. The molecule has 0 radical (unpaired) electrons. The van der Waals surface area contributed by atoms with Crippen LogP contribution in [0.5, 0.6) is 0 Å². The van der Waals surface area contributed by atoms with Crippen LogP contribution >= 0.6 is 11.8 Å². The van der Waals surface area contributed by atoms with E-state index in [1.807, 2.05) is 53.6 Å². The lowest BCUT2D eigenvalue weighted by Crippen LogP contribution is -2.39. The molecule has 136 valence electrons. The molecule has 0 fully saturated rings. The Bertz CT molecular complexity index is 792. The lowest BCUT2D eigenvalue weighted by Gasteiger charge is -2.22. The Balaban J connectivity index is 1.68. The molecule has 2 N–H and O–H groups in total. The number of carboxylic acids is 1. The number of nitrogens with one attached hydrogen (secondary N) is 1. The normalized spacial score (nSPS) is 14.0. The average Bonchev–Trinajstić information content (AvgIpc) is 3.04. The maximum Gasteiger partial charge on any atom is 0.305 e. The Hall–Kier alpha value is -2.47. The van der Waals surface area contributed by atoms with Crippen molar-refractivity contribution in [2.24, 2.45) is 0 Å². The van der Waals surface area contributed by atoms with E-state index in [1.54, 1.807) is 11.8 Å². The van der Waals surface area contributed by atoms with E-state index in [2.05, 4.69) is 11.4 Å². The monoisotopic (exact) mass is 370 g/mol. The molecule has 0 spiro atoms. The zero-order chi connectivity index (χ0) is 18.5. The molecule has 0 aliphatic carbocycles. The van der Waals surface area contributed by atoms with Crippen molar-refractivity contribution in [3.63, 3.8) is 0 Å². The van der Waals surface area contributed by atoms with E-state index in [1.165, 1.54) is 5.56 Å². The van der Waals surface area contributed by atoms with Gasteiger partial charge in [0, 0.05) is 17.1 Å². The number of benzene rings is 2. The van der Waals surface area contributed by atoms with Gasteiger partial charge in [-0.3, -0.25) is 9.59 Å². The number of carbonyl (C=O) groups excluding carboxylic acids is 1. The Morgan fingerprint density at radius 2 is 1.92 bits per heavy atom. The van der Waals surface area contributed by atoms with Crippen LogP contribution in [-0.2, 0) is 16.0 Å². The van der Waals surface area contributed by atoms with E-state index in [0.29, 0.717) is 0 Å². The van der Waals surface area contributed by atoms with Crippen molar-refractivity contribution >= 4 is 29.3 Å². The highest BCUT2D eigenvalue weighted by Gasteiger charge is 2.23. The summed E-state index contributed by atoms with van der Waals surface area (Å²) in [6.07, 6.45) is 2.78. The van der Waals surface area contributed by atoms with Gasteiger partial charge < -0.3 is 15.3 Å². The van der Waals surface area contributed by atoms with Crippen molar-refractivity contribution in [1.29, 1.82) is 0 Å². The number of fused-ring (bicyclic) bond motifs is 1. The minimum atomic E-state index is -0.934. The van der Waals surface area contributed by atoms with Gasteiger partial charge in [-0.15, -0.1) is 11.8 Å². The molecule has 1 amide bonds. The molecular weight excluding hydrogens is 348 g/mol. The summed E-state index contributed by atoms with van der Waals surface area (Å²) in [6, 6.07) is 15.2. The molecule has 1 atom stereocenters. The van der Waals surface area contributed by atoms with Crippen LogP contribution in [0.25, 0.3) is 0 Å². The van der Waals surface area contributed by atoms with Crippen molar-refractivity contribution in [2.75, 3.05) is 24.2 Å². The van der Waals surface area contributed by atoms with E-state index in [-0.39, 0.29) is 18.9 Å². The van der Waals surface area contributed by atoms with E-state index in [4.69, 9.17) is 0 Å². The van der Waals surface area contributed by atoms with Gasteiger partial charge in [0.2, 0.25) is 5.91 Å². The van der Waals surface area contributed by atoms with Gasteiger partial charge in [0.25, 0.3) is 0 Å². The van der Waals surface area contributed by atoms with Crippen LogP contribution in [-0.4, -0.2) is 36.3 Å². The second-order valence-corrected chi connectivity index (χ2v) is 7.17. The maximum atomic E-state index is 12.5. The van der Waals surface area contributed by atoms with Crippen LogP contribution in [0.4, 0.5) is 5.69 Å². The molecule has 1 unspecified atom stereocenters. The van der Waals surface area contributed by atoms with Crippen molar-refractivity contribution in [3.05, 3.63) is 59.7 Å². The van der Waals surface area contributed by atoms with Crippen LogP contribution < -0.4 is 10.2 Å². The van der Waals surface area contributed by atoms with Crippen molar-refractivity contribution in [2.45, 2.75) is 23.8 Å². The van der Waals surface area contributed by atoms with Gasteiger partial charge in [-0.25, -0.2) is 0 Å². The number of hydrogen-bond acceptors (Lipinski definition) is 4. The van der Waals surface area contributed by atoms with E-state index in [0.717, 1.165) is 29.1 Å². The predicted molar refractivity (Wildman–Crippen MR) is 104 cm³/mol. The fourth-order valence-electron chi connectivity index (χ4n) is 3.25. The minimum Gasteiger partial charge on any atom is -0.481 e. The molecule has 2 aromatic carbocycles. The third-order valence-electron chi connectivity index (χ3n) is 4.55. The van der Waals surface area contributed by atoms with Crippen LogP contribution in [0.15, 0.2) is 53.4 Å². The van der Waals surface area contributed by atoms with Gasteiger partial charge in [-0.1, -0.05) is 30.3 Å². The smallest absolute Gasteiger partial charge is 0.305 e. The highest BCUT2D eigenvalue weighted by molar-refractivity contribution is 7.98. The first-order chi connectivity index (χ1) is 12.6. The second kappa shape index (κ2) is 8.27.